The van der Waals surface area contributed by atoms with Gasteiger partial charge >= 0.3 is 0 Å². The average molecular weight is 268 g/mol. The maximum absolute atomic E-state index is 12.2. The summed E-state index contributed by atoms with van der Waals surface area (Å²) in [6.45, 7) is 4.07. The minimum absolute atomic E-state index is 0.136. The maximum Gasteiger partial charge on any atom is 0.255 e. The molecule has 3 heteroatoms. The molecule has 0 aliphatic carbocycles. The first-order valence-corrected chi connectivity index (χ1v) is 6.86. The Bertz CT molecular complexity index is 583. The number of aryl methyl sites for hydroxylation is 2. The number of hydrogen-bond donors (Lipinski definition) is 2. The first-order chi connectivity index (χ1) is 9.58. The number of rotatable bonds is 4. The number of nitrogens with two attached hydrogens (primary N) is 1. The van der Waals surface area contributed by atoms with Crippen molar-refractivity contribution in [2.24, 2.45) is 0 Å². The van der Waals surface area contributed by atoms with E-state index in [1.807, 2.05) is 43.3 Å². The van der Waals surface area contributed by atoms with Crippen LogP contribution in [0.2, 0.25) is 0 Å². The van der Waals surface area contributed by atoms with Crippen molar-refractivity contribution < 1.29 is 4.79 Å². The molecule has 0 aromatic heterocycles. The van der Waals surface area contributed by atoms with E-state index >= 15 is 0 Å². The Morgan fingerprint density at radius 2 is 1.85 bits per heavy atom. The maximum atomic E-state index is 12.2. The molecule has 0 spiro atoms. The van der Waals surface area contributed by atoms with Gasteiger partial charge in [-0.05, 0) is 54.8 Å². The molecule has 0 aliphatic heterocycles. The van der Waals surface area contributed by atoms with Gasteiger partial charge in [-0.25, -0.2) is 0 Å². The SMILES string of the molecule is CCCc1ccc(NC(=O)c2cc(C)cc(N)c2)cc1. The van der Waals surface area contributed by atoms with Gasteiger partial charge in [0.1, 0.15) is 0 Å². The summed E-state index contributed by atoms with van der Waals surface area (Å²) < 4.78 is 0. The molecule has 2 aromatic rings. The Morgan fingerprint density at radius 3 is 2.45 bits per heavy atom. The van der Waals surface area contributed by atoms with E-state index in [9.17, 15) is 4.79 Å². The van der Waals surface area contributed by atoms with E-state index in [1.54, 1.807) is 6.07 Å². The number of hydrogen-bond acceptors (Lipinski definition) is 2. The first kappa shape index (κ1) is 14.1. The van der Waals surface area contributed by atoms with E-state index in [0.717, 1.165) is 24.1 Å². The molecule has 0 saturated heterocycles. The van der Waals surface area contributed by atoms with Gasteiger partial charge in [0.25, 0.3) is 5.91 Å². The zero-order valence-electron chi connectivity index (χ0n) is 11.9. The molecule has 104 valence electrons. The van der Waals surface area contributed by atoms with Gasteiger partial charge in [-0.2, -0.15) is 0 Å². The van der Waals surface area contributed by atoms with Crippen LogP contribution in [0, 0.1) is 6.92 Å². The Balaban J connectivity index is 2.10. The molecule has 3 N–H and O–H groups in total. The Labute approximate surface area is 119 Å². The van der Waals surface area contributed by atoms with Crippen LogP contribution in [-0.4, -0.2) is 5.91 Å². The highest BCUT2D eigenvalue weighted by Crippen LogP contribution is 2.15. The lowest BCUT2D eigenvalue weighted by molar-refractivity contribution is 0.102. The smallest absolute Gasteiger partial charge is 0.255 e. The monoisotopic (exact) mass is 268 g/mol. The van der Waals surface area contributed by atoms with E-state index in [2.05, 4.69) is 12.2 Å². The van der Waals surface area contributed by atoms with Crippen molar-refractivity contribution >= 4 is 17.3 Å². The van der Waals surface area contributed by atoms with E-state index < -0.39 is 0 Å². The van der Waals surface area contributed by atoms with Gasteiger partial charge in [0.2, 0.25) is 0 Å². The molecule has 0 atom stereocenters. The number of carbonyl (C=O) groups is 1. The Kier molecular flexibility index (Phi) is 4.41. The van der Waals surface area contributed by atoms with E-state index in [4.69, 9.17) is 5.73 Å². The number of carbonyl (C=O) groups excluding carboxylic acids is 1. The molecular weight excluding hydrogens is 248 g/mol. The lowest BCUT2D eigenvalue weighted by Gasteiger charge is -2.08. The molecule has 0 unspecified atom stereocenters. The lowest BCUT2D eigenvalue weighted by Crippen LogP contribution is -2.12. The van der Waals surface area contributed by atoms with Crippen molar-refractivity contribution in [2.75, 3.05) is 11.1 Å². The highest BCUT2D eigenvalue weighted by Gasteiger charge is 2.07. The predicted octanol–water partition coefficient (Wildman–Crippen LogP) is 3.78. The van der Waals surface area contributed by atoms with Gasteiger partial charge < -0.3 is 11.1 Å². The van der Waals surface area contributed by atoms with Crippen LogP contribution in [0.1, 0.15) is 34.8 Å². The van der Waals surface area contributed by atoms with Gasteiger partial charge in [-0.15, -0.1) is 0 Å². The molecule has 1 amide bonds. The van der Waals surface area contributed by atoms with Crippen molar-refractivity contribution in [3.05, 3.63) is 59.2 Å². The van der Waals surface area contributed by atoms with Crippen LogP contribution in [0.25, 0.3) is 0 Å². The average Bonchev–Trinajstić information content (AvgIpc) is 2.40. The topological polar surface area (TPSA) is 55.1 Å². The van der Waals surface area contributed by atoms with Crippen LogP contribution in [-0.2, 0) is 6.42 Å². The summed E-state index contributed by atoms with van der Waals surface area (Å²) in [4.78, 5) is 12.2. The summed E-state index contributed by atoms with van der Waals surface area (Å²) in [6.07, 6.45) is 2.18. The van der Waals surface area contributed by atoms with Crippen molar-refractivity contribution in [3.63, 3.8) is 0 Å². The number of nitrogen functional groups attached to an aromatic ring is 1. The minimum Gasteiger partial charge on any atom is -0.399 e. The summed E-state index contributed by atoms with van der Waals surface area (Å²) in [5.41, 5.74) is 10.0. The molecular formula is C17H20N2O. The van der Waals surface area contributed by atoms with Crippen LogP contribution >= 0.6 is 0 Å². The van der Waals surface area contributed by atoms with Crippen molar-refractivity contribution in [1.82, 2.24) is 0 Å². The van der Waals surface area contributed by atoms with Gasteiger partial charge in [0.15, 0.2) is 0 Å². The fraction of sp³-hybridized carbons (Fsp3) is 0.235. The van der Waals surface area contributed by atoms with Crippen LogP contribution < -0.4 is 11.1 Å². The second-order valence-corrected chi connectivity index (χ2v) is 5.03. The van der Waals surface area contributed by atoms with Gasteiger partial charge in [-0.3, -0.25) is 4.79 Å². The minimum atomic E-state index is -0.136. The summed E-state index contributed by atoms with van der Waals surface area (Å²) in [6, 6.07) is 13.3. The van der Waals surface area contributed by atoms with Crippen LogP contribution in [0.5, 0.6) is 0 Å². The number of benzene rings is 2. The van der Waals surface area contributed by atoms with Gasteiger partial charge in [0, 0.05) is 16.9 Å². The highest BCUT2D eigenvalue weighted by molar-refractivity contribution is 6.04. The van der Waals surface area contributed by atoms with Crippen molar-refractivity contribution in [2.45, 2.75) is 26.7 Å². The Hall–Kier alpha value is -2.29. The molecule has 0 radical (unpaired) electrons. The lowest BCUT2D eigenvalue weighted by atomic mass is 10.1. The third kappa shape index (κ3) is 3.60. The fourth-order valence-corrected chi connectivity index (χ4v) is 2.19. The van der Waals surface area contributed by atoms with Crippen molar-refractivity contribution in [1.29, 1.82) is 0 Å². The molecule has 0 aliphatic rings. The van der Waals surface area contributed by atoms with Gasteiger partial charge in [-0.1, -0.05) is 25.5 Å². The molecule has 0 heterocycles. The summed E-state index contributed by atoms with van der Waals surface area (Å²) >= 11 is 0. The second kappa shape index (κ2) is 6.24. The molecule has 3 nitrogen and oxygen atoms in total. The third-order valence-corrected chi connectivity index (χ3v) is 3.11. The molecule has 0 fully saturated rings. The summed E-state index contributed by atoms with van der Waals surface area (Å²) in [5.74, 6) is -0.136. The van der Waals surface area contributed by atoms with Crippen LogP contribution in [0.4, 0.5) is 11.4 Å². The standard InChI is InChI=1S/C17H20N2O/c1-3-4-13-5-7-16(8-6-13)19-17(20)14-9-12(2)10-15(18)11-14/h5-11H,3-4,18H2,1-2H3,(H,19,20). The van der Waals surface area contributed by atoms with Crippen LogP contribution in [0.3, 0.4) is 0 Å². The molecule has 2 aromatic carbocycles. The molecule has 0 saturated carbocycles. The zero-order chi connectivity index (χ0) is 14.5. The number of anilines is 2. The van der Waals surface area contributed by atoms with Gasteiger partial charge in [0.05, 0.1) is 0 Å². The quantitative estimate of drug-likeness (QED) is 0.829. The Morgan fingerprint density at radius 1 is 1.15 bits per heavy atom. The summed E-state index contributed by atoms with van der Waals surface area (Å²) in [5, 5.41) is 2.89. The largest absolute Gasteiger partial charge is 0.399 e. The molecule has 0 bridgehead atoms. The highest BCUT2D eigenvalue weighted by atomic mass is 16.1. The second-order valence-electron chi connectivity index (χ2n) is 5.03. The van der Waals surface area contributed by atoms with E-state index in [-0.39, 0.29) is 5.91 Å². The predicted molar refractivity (Wildman–Crippen MR) is 84.0 cm³/mol. The fourth-order valence-electron chi connectivity index (χ4n) is 2.19. The van der Waals surface area contributed by atoms with E-state index in [0.29, 0.717) is 11.3 Å². The van der Waals surface area contributed by atoms with E-state index in [1.165, 1.54) is 5.56 Å². The zero-order valence-corrected chi connectivity index (χ0v) is 11.9. The number of nitrogens with one attached hydrogen (secondary N) is 1. The first-order valence-electron chi connectivity index (χ1n) is 6.86. The third-order valence-electron chi connectivity index (χ3n) is 3.11. The molecule has 20 heavy (non-hydrogen) atoms. The molecule has 2 rings (SSSR count). The van der Waals surface area contributed by atoms with Crippen molar-refractivity contribution in [3.8, 4) is 0 Å². The summed E-state index contributed by atoms with van der Waals surface area (Å²) in [7, 11) is 0. The van der Waals surface area contributed by atoms with Crippen LogP contribution in [0.15, 0.2) is 42.5 Å². The number of amides is 1. The normalized spacial score (nSPS) is 10.3.